The number of carbonyl (C=O) groups excluding carboxylic acids is 2. The van der Waals surface area contributed by atoms with E-state index in [-0.39, 0.29) is 30.9 Å². The van der Waals surface area contributed by atoms with Gasteiger partial charge in [-0.15, -0.1) is 0 Å². The van der Waals surface area contributed by atoms with Gasteiger partial charge in [-0.2, -0.15) is 0 Å². The predicted molar refractivity (Wildman–Crippen MR) is 50.7 cm³/mol. The predicted octanol–water partition coefficient (Wildman–Crippen LogP) is -0.630. The standard InChI is InChI=1S/C9H16N2O3/c1-3-7(6-14-2)11-5-8(12)10-4-9(11)13/h7H,3-6H2,1-2H3,(H,10,12). The van der Waals surface area contributed by atoms with Crippen LogP contribution < -0.4 is 5.32 Å². The third kappa shape index (κ3) is 2.45. The maximum atomic E-state index is 11.5. The highest BCUT2D eigenvalue weighted by molar-refractivity contribution is 5.92. The Morgan fingerprint density at radius 3 is 2.86 bits per heavy atom. The molecule has 0 saturated carbocycles. The molecule has 5 heteroatoms. The molecule has 1 rings (SSSR count). The van der Waals surface area contributed by atoms with Crippen LogP contribution in [-0.2, 0) is 14.3 Å². The summed E-state index contributed by atoms with van der Waals surface area (Å²) in [7, 11) is 1.59. The van der Waals surface area contributed by atoms with Crippen molar-refractivity contribution >= 4 is 11.8 Å². The highest BCUT2D eigenvalue weighted by Gasteiger charge is 2.28. The Kier molecular flexibility index (Phi) is 3.88. The number of amides is 2. The Morgan fingerprint density at radius 1 is 1.57 bits per heavy atom. The number of nitrogens with zero attached hydrogens (tertiary/aromatic N) is 1. The van der Waals surface area contributed by atoms with Gasteiger partial charge in [-0.25, -0.2) is 0 Å². The van der Waals surface area contributed by atoms with Gasteiger partial charge < -0.3 is 15.0 Å². The van der Waals surface area contributed by atoms with Crippen LogP contribution in [-0.4, -0.2) is 49.6 Å². The van der Waals surface area contributed by atoms with Crippen LogP contribution >= 0.6 is 0 Å². The molecule has 1 atom stereocenters. The van der Waals surface area contributed by atoms with Gasteiger partial charge in [0.25, 0.3) is 0 Å². The molecule has 0 aliphatic carbocycles. The Labute approximate surface area is 83.4 Å². The minimum absolute atomic E-state index is 0.0125. The molecule has 5 nitrogen and oxygen atoms in total. The molecule has 0 bridgehead atoms. The number of methoxy groups -OCH3 is 1. The average Bonchev–Trinajstić information content (AvgIpc) is 2.18. The third-order valence-corrected chi connectivity index (χ3v) is 2.34. The summed E-state index contributed by atoms with van der Waals surface area (Å²) in [5, 5.41) is 2.51. The number of hydrogen-bond donors (Lipinski definition) is 1. The average molecular weight is 200 g/mol. The number of ether oxygens (including phenoxy) is 1. The van der Waals surface area contributed by atoms with Crippen LogP contribution in [0.2, 0.25) is 0 Å². The highest BCUT2D eigenvalue weighted by Crippen LogP contribution is 2.07. The van der Waals surface area contributed by atoms with E-state index >= 15 is 0 Å². The van der Waals surface area contributed by atoms with E-state index in [1.54, 1.807) is 12.0 Å². The lowest BCUT2D eigenvalue weighted by molar-refractivity contribution is -0.144. The summed E-state index contributed by atoms with van der Waals surface area (Å²) in [4.78, 5) is 24.2. The first-order chi connectivity index (χ1) is 6.69. The number of carbonyl (C=O) groups is 2. The van der Waals surface area contributed by atoms with Crippen LogP contribution in [0.15, 0.2) is 0 Å². The summed E-state index contributed by atoms with van der Waals surface area (Å²) in [5.41, 5.74) is 0. The van der Waals surface area contributed by atoms with Crippen molar-refractivity contribution in [3.8, 4) is 0 Å². The Morgan fingerprint density at radius 2 is 2.29 bits per heavy atom. The molecule has 1 saturated heterocycles. The van der Waals surface area contributed by atoms with Crippen molar-refractivity contribution in [2.75, 3.05) is 26.8 Å². The van der Waals surface area contributed by atoms with Crippen molar-refractivity contribution in [2.45, 2.75) is 19.4 Å². The molecular formula is C9H16N2O3. The quantitative estimate of drug-likeness (QED) is 0.657. The van der Waals surface area contributed by atoms with E-state index in [1.807, 2.05) is 6.92 Å². The molecule has 80 valence electrons. The first-order valence-electron chi connectivity index (χ1n) is 4.74. The number of nitrogens with one attached hydrogen (secondary N) is 1. The molecule has 14 heavy (non-hydrogen) atoms. The monoisotopic (exact) mass is 200 g/mol. The number of hydrogen-bond acceptors (Lipinski definition) is 3. The summed E-state index contributed by atoms with van der Waals surface area (Å²) in [6, 6.07) is 0.0125. The highest BCUT2D eigenvalue weighted by atomic mass is 16.5. The fraction of sp³-hybridized carbons (Fsp3) is 0.778. The fourth-order valence-corrected chi connectivity index (χ4v) is 1.53. The van der Waals surface area contributed by atoms with Gasteiger partial charge in [0.2, 0.25) is 11.8 Å². The van der Waals surface area contributed by atoms with Crippen LogP contribution in [0.4, 0.5) is 0 Å². The van der Waals surface area contributed by atoms with E-state index in [2.05, 4.69) is 5.32 Å². The van der Waals surface area contributed by atoms with Gasteiger partial charge in [-0.05, 0) is 6.42 Å². The van der Waals surface area contributed by atoms with E-state index in [0.29, 0.717) is 6.61 Å². The Bertz CT molecular complexity index is 230. The summed E-state index contributed by atoms with van der Waals surface area (Å²) in [6.07, 6.45) is 0.798. The maximum absolute atomic E-state index is 11.5. The number of piperazine rings is 1. The lowest BCUT2D eigenvalue weighted by atomic mass is 10.1. The van der Waals surface area contributed by atoms with Crippen molar-refractivity contribution in [3.63, 3.8) is 0 Å². The second kappa shape index (κ2) is 4.95. The SMILES string of the molecule is CCC(COC)N1CC(=O)NCC1=O. The Hall–Kier alpha value is -1.10. The second-order valence-electron chi connectivity index (χ2n) is 3.32. The molecule has 1 fully saturated rings. The molecule has 2 amide bonds. The summed E-state index contributed by atoms with van der Waals surface area (Å²) < 4.78 is 5.01. The maximum Gasteiger partial charge on any atom is 0.242 e. The van der Waals surface area contributed by atoms with E-state index in [1.165, 1.54) is 0 Å². The molecule has 0 aromatic rings. The lowest BCUT2D eigenvalue weighted by Crippen LogP contribution is -2.56. The van der Waals surface area contributed by atoms with E-state index in [4.69, 9.17) is 4.74 Å². The molecule has 0 aromatic heterocycles. The molecule has 1 aliphatic rings. The first-order valence-corrected chi connectivity index (χ1v) is 4.74. The molecule has 0 spiro atoms. The molecular weight excluding hydrogens is 184 g/mol. The Balaban J connectivity index is 2.61. The van der Waals surface area contributed by atoms with E-state index in [0.717, 1.165) is 6.42 Å². The topological polar surface area (TPSA) is 58.6 Å². The van der Waals surface area contributed by atoms with Crippen molar-refractivity contribution < 1.29 is 14.3 Å². The smallest absolute Gasteiger partial charge is 0.242 e. The summed E-state index contributed by atoms with van der Waals surface area (Å²) >= 11 is 0. The molecule has 1 aliphatic heterocycles. The molecule has 0 radical (unpaired) electrons. The summed E-state index contributed by atoms with van der Waals surface area (Å²) in [6.45, 7) is 2.72. The molecule has 1 heterocycles. The lowest BCUT2D eigenvalue weighted by Gasteiger charge is -2.33. The molecule has 1 unspecified atom stereocenters. The normalized spacial score (nSPS) is 19.4. The second-order valence-corrected chi connectivity index (χ2v) is 3.32. The van der Waals surface area contributed by atoms with Crippen LogP contribution in [0.5, 0.6) is 0 Å². The molecule has 1 N–H and O–H groups in total. The first kappa shape index (κ1) is 11.0. The van der Waals surface area contributed by atoms with Crippen molar-refractivity contribution in [3.05, 3.63) is 0 Å². The minimum atomic E-state index is -0.0980. The summed E-state index contributed by atoms with van der Waals surface area (Å²) in [5.74, 6) is -0.132. The zero-order valence-electron chi connectivity index (χ0n) is 8.58. The molecule has 0 aromatic carbocycles. The van der Waals surface area contributed by atoms with Gasteiger partial charge in [0.1, 0.15) is 0 Å². The van der Waals surface area contributed by atoms with Crippen LogP contribution in [0.1, 0.15) is 13.3 Å². The van der Waals surface area contributed by atoms with Gasteiger partial charge in [-0.3, -0.25) is 9.59 Å². The zero-order valence-corrected chi connectivity index (χ0v) is 8.58. The van der Waals surface area contributed by atoms with E-state index in [9.17, 15) is 9.59 Å². The van der Waals surface area contributed by atoms with Gasteiger partial charge in [0, 0.05) is 7.11 Å². The van der Waals surface area contributed by atoms with Gasteiger partial charge in [0.15, 0.2) is 0 Å². The van der Waals surface area contributed by atoms with Gasteiger partial charge in [-0.1, -0.05) is 6.92 Å². The van der Waals surface area contributed by atoms with Gasteiger partial charge in [0.05, 0.1) is 25.7 Å². The van der Waals surface area contributed by atoms with Crippen molar-refractivity contribution in [1.29, 1.82) is 0 Å². The van der Waals surface area contributed by atoms with Crippen LogP contribution in [0.25, 0.3) is 0 Å². The van der Waals surface area contributed by atoms with Crippen molar-refractivity contribution in [2.24, 2.45) is 0 Å². The minimum Gasteiger partial charge on any atom is -0.383 e. The van der Waals surface area contributed by atoms with Gasteiger partial charge >= 0.3 is 0 Å². The number of rotatable bonds is 4. The van der Waals surface area contributed by atoms with E-state index < -0.39 is 0 Å². The van der Waals surface area contributed by atoms with Crippen molar-refractivity contribution in [1.82, 2.24) is 10.2 Å². The van der Waals surface area contributed by atoms with Crippen LogP contribution in [0, 0.1) is 0 Å². The largest absolute Gasteiger partial charge is 0.383 e. The zero-order chi connectivity index (χ0) is 10.6. The van der Waals surface area contributed by atoms with Crippen LogP contribution in [0.3, 0.4) is 0 Å². The fourth-order valence-electron chi connectivity index (χ4n) is 1.53. The third-order valence-electron chi connectivity index (χ3n) is 2.34.